The molecular weight excluding hydrogens is 188 g/mol. The average Bonchev–Trinajstić information content (AvgIpc) is 2.61. The summed E-state index contributed by atoms with van der Waals surface area (Å²) >= 11 is 0. The highest BCUT2D eigenvalue weighted by molar-refractivity contribution is 6.00. The van der Waals surface area contributed by atoms with E-state index in [1.54, 1.807) is 0 Å². The van der Waals surface area contributed by atoms with Crippen LogP contribution < -0.4 is 5.73 Å². The van der Waals surface area contributed by atoms with Crippen LogP contribution in [0, 0.1) is 6.92 Å². The van der Waals surface area contributed by atoms with Gasteiger partial charge < -0.3 is 5.73 Å². The van der Waals surface area contributed by atoms with E-state index in [1.165, 1.54) is 0 Å². The fraction of sp³-hybridized carbons (Fsp3) is 0.0909. The molecule has 4 heteroatoms. The highest BCUT2D eigenvalue weighted by Crippen LogP contribution is 2.23. The molecule has 4 nitrogen and oxygen atoms in total. The van der Waals surface area contributed by atoms with Gasteiger partial charge in [-0.2, -0.15) is 0 Å². The predicted molar refractivity (Wildman–Crippen MR) is 59.6 cm³/mol. The molecule has 74 valence electrons. The van der Waals surface area contributed by atoms with Crippen molar-refractivity contribution in [2.75, 3.05) is 5.73 Å². The second kappa shape index (κ2) is 2.70. The molecule has 1 aromatic carbocycles. The van der Waals surface area contributed by atoms with Gasteiger partial charge in [0.2, 0.25) is 0 Å². The summed E-state index contributed by atoms with van der Waals surface area (Å²) in [6, 6.07) is 7.83. The Bertz CT molecular complexity index is 654. The van der Waals surface area contributed by atoms with Gasteiger partial charge >= 0.3 is 0 Å². The average molecular weight is 198 g/mol. The predicted octanol–water partition coefficient (Wildman–Crippen LogP) is 1.77. The Morgan fingerprint density at radius 1 is 1.13 bits per heavy atom. The highest BCUT2D eigenvalue weighted by atomic mass is 15.2. The van der Waals surface area contributed by atoms with Crippen molar-refractivity contribution >= 4 is 22.1 Å². The number of benzene rings is 1. The first-order valence-corrected chi connectivity index (χ1v) is 4.76. The summed E-state index contributed by atoms with van der Waals surface area (Å²) < 4.78 is 1.96. The molecule has 0 atom stereocenters. The van der Waals surface area contributed by atoms with Crippen molar-refractivity contribution in [3.63, 3.8) is 0 Å². The van der Waals surface area contributed by atoms with E-state index in [9.17, 15) is 0 Å². The molecule has 2 heterocycles. The Kier molecular flexibility index (Phi) is 1.48. The number of nitrogens with two attached hydrogens (primary N) is 1. The third-order valence-corrected chi connectivity index (χ3v) is 2.64. The zero-order valence-electron chi connectivity index (χ0n) is 8.31. The number of rotatable bonds is 0. The van der Waals surface area contributed by atoms with E-state index in [-0.39, 0.29) is 0 Å². The molecule has 0 aliphatic rings. The molecule has 0 saturated heterocycles. The lowest BCUT2D eigenvalue weighted by Crippen LogP contribution is -1.91. The zero-order valence-corrected chi connectivity index (χ0v) is 8.31. The molecular formula is C11H10N4. The molecule has 0 radical (unpaired) electrons. The molecule has 2 aromatic heterocycles. The maximum Gasteiger partial charge on any atom is 0.168 e. The number of fused-ring (bicyclic) bond motifs is 3. The summed E-state index contributed by atoms with van der Waals surface area (Å²) in [5.41, 5.74) is 7.53. The van der Waals surface area contributed by atoms with Gasteiger partial charge in [0, 0.05) is 22.7 Å². The number of aromatic nitrogens is 3. The lowest BCUT2D eigenvalue weighted by molar-refractivity contribution is 1.01. The van der Waals surface area contributed by atoms with E-state index in [0.717, 1.165) is 27.9 Å². The Balaban J connectivity index is 2.61. The van der Waals surface area contributed by atoms with Gasteiger partial charge in [-0.25, -0.2) is 0 Å². The fourth-order valence-electron chi connectivity index (χ4n) is 1.84. The fourth-order valence-corrected chi connectivity index (χ4v) is 1.84. The summed E-state index contributed by atoms with van der Waals surface area (Å²) in [6.07, 6.45) is 1.95. The third kappa shape index (κ3) is 1.01. The van der Waals surface area contributed by atoms with Gasteiger partial charge in [0.25, 0.3) is 0 Å². The maximum atomic E-state index is 5.90. The Labute approximate surface area is 86.3 Å². The molecule has 0 amide bonds. The van der Waals surface area contributed by atoms with E-state index in [4.69, 9.17) is 5.73 Å². The normalized spacial score (nSPS) is 11.3. The molecule has 3 rings (SSSR count). The van der Waals surface area contributed by atoms with Crippen LogP contribution >= 0.6 is 0 Å². The SMILES string of the molecule is Cc1nnc2c3cccc(N)c3ccn12. The topological polar surface area (TPSA) is 56.2 Å². The molecule has 0 aliphatic heterocycles. The van der Waals surface area contributed by atoms with Crippen LogP contribution in [0.3, 0.4) is 0 Å². The molecule has 0 spiro atoms. The van der Waals surface area contributed by atoms with Crippen LogP contribution in [0.25, 0.3) is 16.4 Å². The summed E-state index contributed by atoms with van der Waals surface area (Å²) in [5, 5.41) is 10.3. The Morgan fingerprint density at radius 3 is 2.87 bits per heavy atom. The van der Waals surface area contributed by atoms with Gasteiger partial charge in [-0.15, -0.1) is 10.2 Å². The van der Waals surface area contributed by atoms with Crippen LogP contribution in [0.15, 0.2) is 30.5 Å². The quantitative estimate of drug-likeness (QED) is 0.560. The molecule has 0 aliphatic carbocycles. The van der Waals surface area contributed by atoms with E-state index in [2.05, 4.69) is 10.2 Å². The molecule has 2 N–H and O–H groups in total. The monoisotopic (exact) mass is 198 g/mol. The number of pyridine rings is 1. The second-order valence-corrected chi connectivity index (χ2v) is 3.57. The number of anilines is 1. The summed E-state index contributed by atoms with van der Waals surface area (Å²) in [7, 11) is 0. The van der Waals surface area contributed by atoms with Crippen LogP contribution in [0.5, 0.6) is 0 Å². The maximum absolute atomic E-state index is 5.90. The van der Waals surface area contributed by atoms with Crippen LogP contribution in [-0.4, -0.2) is 14.6 Å². The zero-order chi connectivity index (χ0) is 10.4. The minimum atomic E-state index is 0.774. The van der Waals surface area contributed by atoms with E-state index < -0.39 is 0 Å². The smallest absolute Gasteiger partial charge is 0.168 e. The van der Waals surface area contributed by atoms with Crippen LogP contribution in [0.1, 0.15) is 5.82 Å². The number of nitrogens with zero attached hydrogens (tertiary/aromatic N) is 3. The lowest BCUT2D eigenvalue weighted by Gasteiger charge is -2.02. The second-order valence-electron chi connectivity index (χ2n) is 3.57. The minimum Gasteiger partial charge on any atom is -0.398 e. The Morgan fingerprint density at radius 2 is 2.00 bits per heavy atom. The first-order valence-electron chi connectivity index (χ1n) is 4.76. The van der Waals surface area contributed by atoms with Gasteiger partial charge in [0.15, 0.2) is 5.65 Å². The van der Waals surface area contributed by atoms with Crippen molar-refractivity contribution in [3.05, 3.63) is 36.3 Å². The van der Waals surface area contributed by atoms with Crippen molar-refractivity contribution in [2.24, 2.45) is 0 Å². The van der Waals surface area contributed by atoms with Gasteiger partial charge in [-0.05, 0) is 19.1 Å². The van der Waals surface area contributed by atoms with E-state index in [1.807, 2.05) is 41.8 Å². The van der Waals surface area contributed by atoms with Crippen molar-refractivity contribution in [2.45, 2.75) is 6.92 Å². The van der Waals surface area contributed by atoms with Gasteiger partial charge in [0.1, 0.15) is 5.82 Å². The van der Waals surface area contributed by atoms with Gasteiger partial charge in [0.05, 0.1) is 0 Å². The third-order valence-electron chi connectivity index (χ3n) is 2.64. The van der Waals surface area contributed by atoms with Crippen molar-refractivity contribution in [1.29, 1.82) is 0 Å². The first kappa shape index (κ1) is 8.23. The van der Waals surface area contributed by atoms with Crippen molar-refractivity contribution < 1.29 is 0 Å². The van der Waals surface area contributed by atoms with Crippen molar-refractivity contribution in [1.82, 2.24) is 14.6 Å². The van der Waals surface area contributed by atoms with E-state index in [0.29, 0.717) is 0 Å². The summed E-state index contributed by atoms with van der Waals surface area (Å²) in [6.45, 7) is 1.93. The standard InChI is InChI=1S/C11H10N4/c1-7-13-14-11-9-3-2-4-10(12)8(9)5-6-15(7)11/h2-6H,12H2,1H3. The number of nitrogen functional groups attached to an aromatic ring is 1. The molecule has 0 bridgehead atoms. The lowest BCUT2D eigenvalue weighted by atomic mass is 10.1. The molecule has 0 saturated carbocycles. The van der Waals surface area contributed by atoms with E-state index >= 15 is 0 Å². The highest BCUT2D eigenvalue weighted by Gasteiger charge is 2.06. The van der Waals surface area contributed by atoms with Crippen LogP contribution in [0.2, 0.25) is 0 Å². The molecule has 15 heavy (non-hydrogen) atoms. The van der Waals surface area contributed by atoms with Crippen molar-refractivity contribution in [3.8, 4) is 0 Å². The Hall–Kier alpha value is -2.10. The number of hydrogen-bond acceptors (Lipinski definition) is 3. The van der Waals surface area contributed by atoms with Gasteiger partial charge in [-0.3, -0.25) is 4.40 Å². The van der Waals surface area contributed by atoms with Crippen LogP contribution in [-0.2, 0) is 0 Å². The molecule has 3 aromatic rings. The van der Waals surface area contributed by atoms with Gasteiger partial charge in [-0.1, -0.05) is 12.1 Å². The first-order chi connectivity index (χ1) is 7.27. The summed E-state index contributed by atoms with van der Waals surface area (Å²) in [5.74, 6) is 0.884. The largest absolute Gasteiger partial charge is 0.398 e. The number of aryl methyl sites for hydroxylation is 1. The number of hydrogen-bond donors (Lipinski definition) is 1. The van der Waals surface area contributed by atoms with Crippen LogP contribution in [0.4, 0.5) is 5.69 Å². The minimum absolute atomic E-state index is 0.774. The summed E-state index contributed by atoms with van der Waals surface area (Å²) in [4.78, 5) is 0. The molecule has 0 unspecified atom stereocenters. The molecule has 0 fully saturated rings.